The van der Waals surface area contributed by atoms with E-state index >= 15 is 0 Å². The maximum atomic E-state index is 11.7. The van der Waals surface area contributed by atoms with Gasteiger partial charge in [-0.1, -0.05) is 37.5 Å². The summed E-state index contributed by atoms with van der Waals surface area (Å²) < 4.78 is 0. The molecule has 1 fully saturated rings. The lowest BCUT2D eigenvalue weighted by atomic mass is 9.93. The summed E-state index contributed by atoms with van der Waals surface area (Å²) in [6, 6.07) is 10.1. The zero-order chi connectivity index (χ0) is 15.5. The van der Waals surface area contributed by atoms with E-state index in [0.717, 1.165) is 29.0 Å². The molecule has 1 aliphatic rings. The molecule has 1 aromatic carbocycles. The standard InChI is InChI=1S/C18H21NO2S/c1-19(13-7-3-2-4-8-13)17-14(16-11-6-12-22-16)9-5-10-15(17)18(20)21/h5-6,9-13H,2-4,7-8H2,1H3,(H,20,21). The fourth-order valence-corrected chi connectivity index (χ4v) is 4.13. The molecule has 0 radical (unpaired) electrons. The second kappa shape index (κ2) is 6.53. The molecule has 0 unspecified atom stereocenters. The number of carboxylic acid groups (broad SMARTS) is 1. The summed E-state index contributed by atoms with van der Waals surface area (Å²) in [7, 11) is 2.05. The number of carbonyl (C=O) groups is 1. The third kappa shape index (κ3) is 2.88. The number of rotatable bonds is 4. The van der Waals surface area contributed by atoms with Crippen LogP contribution in [-0.4, -0.2) is 24.2 Å². The molecule has 0 spiro atoms. The number of para-hydroxylation sites is 1. The molecule has 1 saturated carbocycles. The van der Waals surface area contributed by atoms with Gasteiger partial charge in [-0.2, -0.15) is 0 Å². The van der Waals surface area contributed by atoms with Crippen LogP contribution in [-0.2, 0) is 0 Å². The molecule has 0 bridgehead atoms. The number of nitrogens with zero attached hydrogens (tertiary/aromatic N) is 1. The van der Waals surface area contributed by atoms with Crippen molar-refractivity contribution in [3.8, 4) is 10.4 Å². The molecule has 0 amide bonds. The Morgan fingerprint density at radius 2 is 1.95 bits per heavy atom. The minimum atomic E-state index is -0.851. The second-order valence-electron chi connectivity index (χ2n) is 5.89. The molecule has 0 saturated heterocycles. The lowest BCUT2D eigenvalue weighted by molar-refractivity contribution is 0.0697. The van der Waals surface area contributed by atoms with Crippen molar-refractivity contribution in [2.75, 3.05) is 11.9 Å². The number of benzene rings is 1. The molecular weight excluding hydrogens is 294 g/mol. The van der Waals surface area contributed by atoms with E-state index in [2.05, 4.69) is 18.0 Å². The van der Waals surface area contributed by atoms with Crippen molar-refractivity contribution < 1.29 is 9.90 Å². The van der Waals surface area contributed by atoms with E-state index in [9.17, 15) is 9.90 Å². The van der Waals surface area contributed by atoms with E-state index in [1.807, 2.05) is 23.6 Å². The van der Waals surface area contributed by atoms with E-state index in [4.69, 9.17) is 0 Å². The fraction of sp³-hybridized carbons (Fsp3) is 0.389. The predicted molar refractivity (Wildman–Crippen MR) is 92.0 cm³/mol. The zero-order valence-electron chi connectivity index (χ0n) is 12.8. The van der Waals surface area contributed by atoms with Gasteiger partial charge in [0, 0.05) is 23.5 Å². The van der Waals surface area contributed by atoms with Crippen molar-refractivity contribution in [3.05, 3.63) is 41.3 Å². The average molecular weight is 315 g/mol. The summed E-state index contributed by atoms with van der Waals surface area (Å²) in [5.74, 6) is -0.851. The Balaban J connectivity index is 2.08. The number of aromatic carboxylic acids is 1. The number of anilines is 1. The van der Waals surface area contributed by atoms with Crippen molar-refractivity contribution in [2.24, 2.45) is 0 Å². The summed E-state index contributed by atoms with van der Waals surface area (Å²) >= 11 is 1.66. The lowest BCUT2D eigenvalue weighted by Gasteiger charge is -2.35. The summed E-state index contributed by atoms with van der Waals surface area (Å²) in [5.41, 5.74) is 2.30. The first-order chi connectivity index (χ1) is 10.7. The van der Waals surface area contributed by atoms with Crippen LogP contribution in [0.4, 0.5) is 5.69 Å². The van der Waals surface area contributed by atoms with Gasteiger partial charge in [-0.3, -0.25) is 0 Å². The van der Waals surface area contributed by atoms with Crippen LogP contribution in [0.25, 0.3) is 10.4 Å². The molecule has 1 N–H and O–H groups in total. The Kier molecular flexibility index (Phi) is 4.48. The van der Waals surface area contributed by atoms with Crippen LogP contribution in [0.15, 0.2) is 35.7 Å². The first-order valence-corrected chi connectivity index (χ1v) is 8.69. The van der Waals surface area contributed by atoms with Gasteiger partial charge in [-0.25, -0.2) is 4.79 Å². The molecule has 1 heterocycles. The molecule has 2 aromatic rings. The smallest absolute Gasteiger partial charge is 0.337 e. The van der Waals surface area contributed by atoms with E-state index in [0.29, 0.717) is 11.6 Å². The highest BCUT2D eigenvalue weighted by Gasteiger charge is 2.25. The van der Waals surface area contributed by atoms with Crippen LogP contribution >= 0.6 is 11.3 Å². The summed E-state index contributed by atoms with van der Waals surface area (Å²) in [4.78, 5) is 15.0. The average Bonchev–Trinajstić information content (AvgIpc) is 3.08. The molecule has 1 aliphatic carbocycles. The lowest BCUT2D eigenvalue weighted by Crippen LogP contribution is -2.34. The minimum absolute atomic E-state index is 0.402. The quantitative estimate of drug-likeness (QED) is 0.874. The topological polar surface area (TPSA) is 40.5 Å². The monoisotopic (exact) mass is 315 g/mol. The third-order valence-electron chi connectivity index (χ3n) is 4.53. The largest absolute Gasteiger partial charge is 0.478 e. The SMILES string of the molecule is CN(c1c(C(=O)O)cccc1-c1cccs1)C1CCCCC1. The van der Waals surface area contributed by atoms with Gasteiger partial charge in [0.2, 0.25) is 0 Å². The summed E-state index contributed by atoms with van der Waals surface area (Å²) in [5, 5.41) is 11.6. The normalized spacial score (nSPS) is 15.7. The molecule has 22 heavy (non-hydrogen) atoms. The van der Waals surface area contributed by atoms with Gasteiger partial charge in [0.15, 0.2) is 0 Å². The van der Waals surface area contributed by atoms with Crippen molar-refractivity contribution in [1.82, 2.24) is 0 Å². The van der Waals surface area contributed by atoms with Crippen molar-refractivity contribution >= 4 is 23.0 Å². The zero-order valence-corrected chi connectivity index (χ0v) is 13.6. The van der Waals surface area contributed by atoms with Crippen molar-refractivity contribution in [2.45, 2.75) is 38.1 Å². The van der Waals surface area contributed by atoms with E-state index in [1.165, 1.54) is 19.3 Å². The molecule has 4 heteroatoms. The number of carboxylic acids is 1. The Labute approximate surface area is 135 Å². The van der Waals surface area contributed by atoms with Crippen LogP contribution in [0.5, 0.6) is 0 Å². The van der Waals surface area contributed by atoms with E-state index in [-0.39, 0.29) is 0 Å². The second-order valence-corrected chi connectivity index (χ2v) is 6.83. The number of hydrogen-bond donors (Lipinski definition) is 1. The molecule has 1 aromatic heterocycles. The first-order valence-electron chi connectivity index (χ1n) is 7.81. The highest BCUT2D eigenvalue weighted by atomic mass is 32.1. The first kappa shape index (κ1) is 15.1. The number of hydrogen-bond acceptors (Lipinski definition) is 3. The van der Waals surface area contributed by atoms with Gasteiger partial charge >= 0.3 is 5.97 Å². The minimum Gasteiger partial charge on any atom is -0.478 e. The van der Waals surface area contributed by atoms with Crippen molar-refractivity contribution in [1.29, 1.82) is 0 Å². The molecule has 3 nitrogen and oxygen atoms in total. The highest BCUT2D eigenvalue weighted by molar-refractivity contribution is 7.13. The maximum Gasteiger partial charge on any atom is 0.337 e. The van der Waals surface area contributed by atoms with Gasteiger partial charge in [-0.15, -0.1) is 11.3 Å². The van der Waals surface area contributed by atoms with Crippen molar-refractivity contribution in [3.63, 3.8) is 0 Å². The highest BCUT2D eigenvalue weighted by Crippen LogP contribution is 2.38. The Morgan fingerprint density at radius 1 is 1.18 bits per heavy atom. The van der Waals surface area contributed by atoms with Gasteiger partial charge in [0.1, 0.15) is 0 Å². The van der Waals surface area contributed by atoms with E-state index in [1.54, 1.807) is 17.4 Å². The van der Waals surface area contributed by atoms with Crippen LogP contribution < -0.4 is 4.90 Å². The van der Waals surface area contributed by atoms with Gasteiger partial charge in [0.05, 0.1) is 11.3 Å². The van der Waals surface area contributed by atoms with Gasteiger partial charge in [-0.05, 0) is 30.4 Å². The molecule has 0 atom stereocenters. The molecule has 3 rings (SSSR count). The molecular formula is C18H21NO2S. The molecule has 116 valence electrons. The van der Waals surface area contributed by atoms with Crippen LogP contribution in [0.1, 0.15) is 42.5 Å². The van der Waals surface area contributed by atoms with E-state index < -0.39 is 5.97 Å². The Morgan fingerprint density at radius 3 is 2.59 bits per heavy atom. The number of thiophene rings is 1. The van der Waals surface area contributed by atoms with Gasteiger partial charge in [0.25, 0.3) is 0 Å². The summed E-state index contributed by atoms with van der Waals surface area (Å²) in [6.07, 6.45) is 6.06. The third-order valence-corrected chi connectivity index (χ3v) is 5.43. The maximum absolute atomic E-state index is 11.7. The molecule has 0 aliphatic heterocycles. The summed E-state index contributed by atoms with van der Waals surface area (Å²) in [6.45, 7) is 0. The predicted octanol–water partition coefficient (Wildman–Crippen LogP) is 4.88. The Bertz CT molecular complexity index is 645. The van der Waals surface area contributed by atoms with Gasteiger partial charge < -0.3 is 10.0 Å². The van der Waals surface area contributed by atoms with Crippen LogP contribution in [0, 0.1) is 0 Å². The van der Waals surface area contributed by atoms with Crippen LogP contribution in [0.3, 0.4) is 0 Å². The fourth-order valence-electron chi connectivity index (χ4n) is 3.38. The van der Waals surface area contributed by atoms with Crippen LogP contribution in [0.2, 0.25) is 0 Å². The Hall–Kier alpha value is -1.81.